The van der Waals surface area contributed by atoms with Crippen LogP contribution in [-0.2, 0) is 25.5 Å². The maximum atomic E-state index is 14.4. The average Bonchev–Trinajstić information content (AvgIpc) is 3.55. The second kappa shape index (κ2) is 21.7. The second-order valence-electron chi connectivity index (χ2n) is 16.3. The van der Waals surface area contributed by atoms with Gasteiger partial charge in [0.05, 0.1) is 31.2 Å². The van der Waals surface area contributed by atoms with E-state index in [0.717, 1.165) is 51.4 Å². The van der Waals surface area contributed by atoms with Crippen LogP contribution in [0.2, 0.25) is 0 Å². The second-order valence-corrected chi connectivity index (χ2v) is 16.3. The molecule has 0 unspecified atom stereocenters. The van der Waals surface area contributed by atoms with Gasteiger partial charge in [-0.3, -0.25) is 14.4 Å². The zero-order chi connectivity index (χ0) is 42.5. The molecule has 0 radical (unpaired) electrons. The van der Waals surface area contributed by atoms with E-state index in [2.05, 4.69) is 33.4 Å². The number of ether oxygens (including phenoxy) is 1. The van der Waals surface area contributed by atoms with Crippen molar-refractivity contribution < 1.29 is 34.1 Å². The Hall–Kier alpha value is -5.26. The van der Waals surface area contributed by atoms with Crippen molar-refractivity contribution >= 4 is 34.6 Å². The number of amides is 4. The molecule has 4 aromatic rings. The minimum Gasteiger partial charge on any atom is -0.449 e. The largest absolute Gasteiger partial charge is 0.449 e. The van der Waals surface area contributed by atoms with Crippen molar-refractivity contribution in [3.63, 3.8) is 0 Å². The highest BCUT2D eigenvalue weighted by atomic mass is 16.5. The number of hydrogen-bond acceptors (Lipinski definition) is 7. The topological polar surface area (TPSA) is 166 Å². The number of nitrogens with one attached hydrogen (secondary N) is 4. The van der Waals surface area contributed by atoms with Crippen LogP contribution in [0, 0.1) is 11.8 Å². The van der Waals surface area contributed by atoms with Gasteiger partial charge in [-0.2, -0.15) is 0 Å². The number of benzene rings is 4. The number of carbonyl (C=O) groups excluding carboxylic acids is 4. The van der Waals surface area contributed by atoms with Gasteiger partial charge >= 0.3 is 6.09 Å². The molecule has 0 heterocycles. The van der Waals surface area contributed by atoms with Crippen molar-refractivity contribution in [1.29, 1.82) is 0 Å². The molecule has 0 aromatic heterocycles. The number of hydrogen-bond donors (Lipinski definition) is 6. The number of alkyl carbamates (subject to hydrolysis) is 1. The van der Waals surface area contributed by atoms with Crippen molar-refractivity contribution in [1.82, 2.24) is 21.3 Å². The summed E-state index contributed by atoms with van der Waals surface area (Å²) in [5.41, 5.74) is 5.18. The molecule has 0 bridgehead atoms. The number of unbranched alkanes of at least 4 members (excludes halogenated alkanes) is 1. The van der Waals surface area contributed by atoms with Gasteiger partial charge in [0.25, 0.3) is 0 Å². The summed E-state index contributed by atoms with van der Waals surface area (Å²) in [5, 5.41) is 34.6. The molecule has 11 nitrogen and oxygen atoms in total. The zero-order valence-electron chi connectivity index (χ0n) is 35.1. The predicted octanol–water partition coefficient (Wildman–Crippen LogP) is 6.77. The van der Waals surface area contributed by atoms with Gasteiger partial charge in [-0.05, 0) is 63.3 Å². The Kier molecular flexibility index (Phi) is 16.5. The van der Waals surface area contributed by atoms with Crippen LogP contribution in [0.4, 0.5) is 4.79 Å². The average molecular weight is 807 g/mol. The molecule has 1 aliphatic carbocycles. The molecule has 0 spiro atoms. The predicted molar refractivity (Wildman–Crippen MR) is 232 cm³/mol. The van der Waals surface area contributed by atoms with E-state index < -0.39 is 54.1 Å². The maximum absolute atomic E-state index is 14.4. The summed E-state index contributed by atoms with van der Waals surface area (Å²) in [6, 6.07) is 26.5. The van der Waals surface area contributed by atoms with E-state index in [4.69, 9.17) is 4.74 Å². The molecule has 0 fully saturated rings. The first kappa shape index (κ1) is 44.8. The third-order valence-corrected chi connectivity index (χ3v) is 11.5. The van der Waals surface area contributed by atoms with Crippen molar-refractivity contribution in [2.45, 2.75) is 116 Å². The van der Waals surface area contributed by atoms with E-state index in [1.165, 1.54) is 0 Å². The Morgan fingerprint density at radius 2 is 1.36 bits per heavy atom. The summed E-state index contributed by atoms with van der Waals surface area (Å²) < 4.78 is 5.88. The van der Waals surface area contributed by atoms with E-state index in [-0.39, 0.29) is 43.8 Å². The molecule has 5 rings (SSSR count). The molecule has 0 saturated carbocycles. The lowest BCUT2D eigenvalue weighted by Gasteiger charge is -2.29. The first-order valence-corrected chi connectivity index (χ1v) is 21.2. The quantitative estimate of drug-likeness (QED) is 0.0541. The SMILES string of the molecule is CCCC[C@H](NC(=O)[C@H](Cc1cccc2ccccc12)NC(=O)OCC1c2ccccc2-c2ccccc21)C(=O)N[C@@H](CC(C)C)[C@@H](O)CC(=O)N[C@H](CO)[C@@H](C)CC. The first-order valence-electron chi connectivity index (χ1n) is 21.2. The van der Waals surface area contributed by atoms with E-state index in [1.807, 2.05) is 113 Å². The van der Waals surface area contributed by atoms with Crippen LogP contribution >= 0.6 is 0 Å². The van der Waals surface area contributed by atoms with Gasteiger partial charge in [0.15, 0.2) is 0 Å². The van der Waals surface area contributed by atoms with Gasteiger partial charge < -0.3 is 36.2 Å². The molecule has 11 heteroatoms. The molecule has 4 amide bonds. The van der Waals surface area contributed by atoms with Crippen LogP contribution in [0.15, 0.2) is 91.0 Å². The minimum atomic E-state index is -1.21. The van der Waals surface area contributed by atoms with Gasteiger partial charge in [-0.15, -0.1) is 0 Å². The normalized spacial score (nSPS) is 15.3. The Morgan fingerprint density at radius 3 is 2.00 bits per heavy atom. The van der Waals surface area contributed by atoms with E-state index in [9.17, 15) is 29.4 Å². The number of aliphatic hydroxyl groups is 2. The lowest BCUT2D eigenvalue weighted by atomic mass is 9.95. The van der Waals surface area contributed by atoms with Gasteiger partial charge in [-0.25, -0.2) is 4.79 Å². The van der Waals surface area contributed by atoms with Crippen LogP contribution in [-0.4, -0.2) is 77.5 Å². The van der Waals surface area contributed by atoms with Crippen molar-refractivity contribution in [3.05, 3.63) is 108 Å². The van der Waals surface area contributed by atoms with Crippen molar-refractivity contribution in [2.75, 3.05) is 13.2 Å². The van der Waals surface area contributed by atoms with Gasteiger partial charge in [0.2, 0.25) is 17.7 Å². The number of carbonyl (C=O) groups is 4. The van der Waals surface area contributed by atoms with Crippen LogP contribution < -0.4 is 21.3 Å². The lowest BCUT2D eigenvalue weighted by Crippen LogP contribution is -2.57. The highest BCUT2D eigenvalue weighted by molar-refractivity contribution is 5.93. The van der Waals surface area contributed by atoms with E-state index in [1.54, 1.807) is 0 Å². The fraction of sp³-hybridized carbons (Fsp3) is 0.458. The lowest BCUT2D eigenvalue weighted by molar-refractivity contribution is -0.131. The van der Waals surface area contributed by atoms with Crippen molar-refractivity contribution in [2.24, 2.45) is 11.8 Å². The summed E-state index contributed by atoms with van der Waals surface area (Å²) in [7, 11) is 0. The number of aliphatic hydroxyl groups excluding tert-OH is 2. The monoisotopic (exact) mass is 806 g/mol. The molecule has 0 aliphatic heterocycles. The molecule has 6 N–H and O–H groups in total. The van der Waals surface area contributed by atoms with E-state index >= 15 is 0 Å². The van der Waals surface area contributed by atoms with Gasteiger partial charge in [0, 0.05) is 12.3 Å². The molecule has 0 saturated heterocycles. The Morgan fingerprint density at radius 1 is 0.729 bits per heavy atom. The summed E-state index contributed by atoms with van der Waals surface area (Å²) >= 11 is 0. The maximum Gasteiger partial charge on any atom is 0.407 e. The Bertz CT molecular complexity index is 1980. The molecular weight excluding hydrogens is 745 g/mol. The van der Waals surface area contributed by atoms with Crippen LogP contribution in [0.5, 0.6) is 0 Å². The number of fused-ring (bicyclic) bond motifs is 4. The zero-order valence-corrected chi connectivity index (χ0v) is 35.1. The minimum absolute atomic E-state index is 0.0401. The number of rotatable bonds is 21. The van der Waals surface area contributed by atoms with Gasteiger partial charge in [0.1, 0.15) is 18.7 Å². The molecule has 59 heavy (non-hydrogen) atoms. The molecule has 6 atom stereocenters. The summed E-state index contributed by atoms with van der Waals surface area (Å²) in [5.74, 6) is -1.53. The smallest absolute Gasteiger partial charge is 0.407 e. The molecular formula is C48H62N4O7. The van der Waals surface area contributed by atoms with Crippen molar-refractivity contribution in [3.8, 4) is 11.1 Å². The van der Waals surface area contributed by atoms with Gasteiger partial charge in [-0.1, -0.05) is 145 Å². The third kappa shape index (κ3) is 11.9. The summed E-state index contributed by atoms with van der Waals surface area (Å²) in [6.45, 7) is 9.66. The standard InChI is InChI=1S/C48H62N4O7/c1-6-8-24-40(46(56)51-41(25-30(3)4)44(54)27-45(55)49-43(28-53)31(5)7-2)50-47(57)42(26-33-18-15-17-32-16-9-10-19-34(32)33)52-48(58)59-29-39-37-22-13-11-20-35(37)36-21-12-14-23-38(36)39/h9-23,30-31,39-44,53-54H,6-8,24-29H2,1-5H3,(H,49,55)(H,50,57)(H,51,56)(H,52,58)/t31-,40-,41-,42-,43+,44-/m0/s1. The van der Waals surface area contributed by atoms with E-state index in [0.29, 0.717) is 19.3 Å². The third-order valence-electron chi connectivity index (χ3n) is 11.5. The fourth-order valence-electron chi connectivity index (χ4n) is 7.99. The summed E-state index contributed by atoms with van der Waals surface area (Å²) in [4.78, 5) is 55.1. The summed E-state index contributed by atoms with van der Waals surface area (Å²) in [6.07, 6.45) is 0.750. The molecule has 4 aromatic carbocycles. The molecule has 1 aliphatic rings. The van der Waals surface area contributed by atoms with Crippen LogP contribution in [0.25, 0.3) is 21.9 Å². The van der Waals surface area contributed by atoms with Crippen LogP contribution in [0.3, 0.4) is 0 Å². The Balaban J connectivity index is 1.33. The molecule has 316 valence electrons. The highest BCUT2D eigenvalue weighted by Crippen LogP contribution is 2.44. The fourth-order valence-corrected chi connectivity index (χ4v) is 7.99. The highest BCUT2D eigenvalue weighted by Gasteiger charge is 2.33. The Labute approximate surface area is 348 Å². The van der Waals surface area contributed by atoms with Crippen LogP contribution in [0.1, 0.15) is 95.8 Å². The first-order chi connectivity index (χ1) is 28.4.